The standard InChI is InChI=1S/C17H21FN2/c1-12-9-14(10-13(2)19)7-8-17(12)20(3)16-6-4-5-15(18)11-16/h4-9,11,13H,10,19H2,1-3H3. The number of benzene rings is 2. The van der Waals surface area contributed by atoms with Gasteiger partial charge in [-0.3, -0.25) is 0 Å². The normalized spacial score (nSPS) is 12.2. The zero-order valence-electron chi connectivity index (χ0n) is 12.2. The molecular formula is C17H21FN2. The zero-order valence-corrected chi connectivity index (χ0v) is 12.2. The molecule has 0 amide bonds. The molecule has 2 N–H and O–H groups in total. The Kier molecular flexibility index (Phi) is 4.40. The number of nitrogens with zero attached hydrogens (tertiary/aromatic N) is 1. The zero-order chi connectivity index (χ0) is 14.7. The maximum atomic E-state index is 13.3. The fraction of sp³-hybridized carbons (Fsp3) is 0.294. The molecule has 0 saturated carbocycles. The average molecular weight is 272 g/mol. The molecule has 1 unspecified atom stereocenters. The van der Waals surface area contributed by atoms with E-state index in [1.54, 1.807) is 6.07 Å². The van der Waals surface area contributed by atoms with Crippen LogP contribution in [0.25, 0.3) is 0 Å². The molecule has 1 atom stereocenters. The molecule has 106 valence electrons. The van der Waals surface area contributed by atoms with Crippen molar-refractivity contribution in [3.8, 4) is 0 Å². The van der Waals surface area contributed by atoms with Gasteiger partial charge in [0.2, 0.25) is 0 Å². The van der Waals surface area contributed by atoms with Crippen LogP contribution in [0.4, 0.5) is 15.8 Å². The highest BCUT2D eigenvalue weighted by Gasteiger charge is 2.09. The molecule has 0 radical (unpaired) electrons. The van der Waals surface area contributed by atoms with Crippen LogP contribution in [0.15, 0.2) is 42.5 Å². The van der Waals surface area contributed by atoms with Gasteiger partial charge in [0.15, 0.2) is 0 Å². The Bertz CT molecular complexity index is 593. The third kappa shape index (κ3) is 3.36. The second kappa shape index (κ2) is 6.06. The minimum absolute atomic E-state index is 0.154. The molecule has 2 nitrogen and oxygen atoms in total. The van der Waals surface area contributed by atoms with Crippen molar-refractivity contribution in [1.29, 1.82) is 0 Å². The van der Waals surface area contributed by atoms with Crippen LogP contribution in [0, 0.1) is 12.7 Å². The van der Waals surface area contributed by atoms with Crippen LogP contribution in [0.2, 0.25) is 0 Å². The SMILES string of the molecule is Cc1cc(CC(C)N)ccc1N(C)c1cccc(F)c1. The minimum atomic E-state index is -0.222. The quantitative estimate of drug-likeness (QED) is 0.917. The lowest BCUT2D eigenvalue weighted by Crippen LogP contribution is -2.18. The highest BCUT2D eigenvalue weighted by molar-refractivity contribution is 5.66. The topological polar surface area (TPSA) is 29.3 Å². The van der Waals surface area contributed by atoms with Crippen molar-refractivity contribution in [2.75, 3.05) is 11.9 Å². The van der Waals surface area contributed by atoms with E-state index in [1.165, 1.54) is 17.7 Å². The van der Waals surface area contributed by atoms with E-state index in [1.807, 2.05) is 24.9 Å². The largest absolute Gasteiger partial charge is 0.344 e. The third-order valence-corrected chi connectivity index (χ3v) is 3.38. The first-order valence-corrected chi connectivity index (χ1v) is 6.82. The molecule has 0 heterocycles. The Morgan fingerprint density at radius 1 is 1.20 bits per heavy atom. The summed E-state index contributed by atoms with van der Waals surface area (Å²) >= 11 is 0. The average Bonchev–Trinajstić information content (AvgIpc) is 2.37. The fourth-order valence-electron chi connectivity index (χ4n) is 2.42. The molecule has 0 spiro atoms. The number of rotatable bonds is 4. The van der Waals surface area contributed by atoms with Crippen LogP contribution in [0.1, 0.15) is 18.1 Å². The third-order valence-electron chi connectivity index (χ3n) is 3.38. The van der Waals surface area contributed by atoms with Gasteiger partial charge < -0.3 is 10.6 Å². The lowest BCUT2D eigenvalue weighted by atomic mass is 10.0. The van der Waals surface area contributed by atoms with E-state index >= 15 is 0 Å². The molecule has 2 aromatic carbocycles. The van der Waals surface area contributed by atoms with Gasteiger partial charge in [-0.25, -0.2) is 4.39 Å². The van der Waals surface area contributed by atoms with Gasteiger partial charge in [-0.15, -0.1) is 0 Å². The number of nitrogens with two attached hydrogens (primary N) is 1. The summed E-state index contributed by atoms with van der Waals surface area (Å²) < 4.78 is 13.3. The summed E-state index contributed by atoms with van der Waals surface area (Å²) in [5.74, 6) is -0.222. The van der Waals surface area contributed by atoms with Gasteiger partial charge in [-0.1, -0.05) is 18.2 Å². The van der Waals surface area contributed by atoms with Crippen molar-refractivity contribution in [3.05, 3.63) is 59.4 Å². The van der Waals surface area contributed by atoms with E-state index in [2.05, 4.69) is 25.1 Å². The van der Waals surface area contributed by atoms with Crippen molar-refractivity contribution >= 4 is 11.4 Å². The van der Waals surface area contributed by atoms with Gasteiger partial charge in [-0.05, 0) is 55.7 Å². The fourth-order valence-corrected chi connectivity index (χ4v) is 2.42. The summed E-state index contributed by atoms with van der Waals surface area (Å²) in [6.45, 7) is 4.07. The summed E-state index contributed by atoms with van der Waals surface area (Å²) in [5.41, 5.74) is 10.1. The molecule has 2 aromatic rings. The summed E-state index contributed by atoms with van der Waals surface area (Å²) in [7, 11) is 1.95. The van der Waals surface area contributed by atoms with Gasteiger partial charge in [0.05, 0.1) is 0 Å². The van der Waals surface area contributed by atoms with Crippen LogP contribution in [0.5, 0.6) is 0 Å². The van der Waals surface area contributed by atoms with Crippen LogP contribution in [-0.4, -0.2) is 13.1 Å². The number of hydrogen-bond donors (Lipinski definition) is 1. The first-order chi connectivity index (χ1) is 9.47. The first kappa shape index (κ1) is 14.5. The maximum Gasteiger partial charge on any atom is 0.125 e. The molecule has 0 aliphatic carbocycles. The van der Waals surface area contributed by atoms with E-state index in [-0.39, 0.29) is 11.9 Å². The van der Waals surface area contributed by atoms with Crippen molar-refractivity contribution in [1.82, 2.24) is 0 Å². The van der Waals surface area contributed by atoms with E-state index in [0.717, 1.165) is 23.4 Å². The number of hydrogen-bond acceptors (Lipinski definition) is 2. The molecule has 0 aromatic heterocycles. The molecule has 0 aliphatic rings. The van der Waals surface area contributed by atoms with Gasteiger partial charge in [0, 0.05) is 24.5 Å². The van der Waals surface area contributed by atoms with Gasteiger partial charge >= 0.3 is 0 Å². The van der Waals surface area contributed by atoms with E-state index < -0.39 is 0 Å². The van der Waals surface area contributed by atoms with Crippen LogP contribution in [0.3, 0.4) is 0 Å². The molecule has 2 rings (SSSR count). The highest BCUT2D eigenvalue weighted by atomic mass is 19.1. The summed E-state index contributed by atoms with van der Waals surface area (Å²) in [5, 5.41) is 0. The molecule has 0 bridgehead atoms. The molecule has 0 fully saturated rings. The number of anilines is 2. The van der Waals surface area contributed by atoms with E-state index in [4.69, 9.17) is 5.73 Å². The van der Waals surface area contributed by atoms with Crippen LogP contribution < -0.4 is 10.6 Å². The number of halogens is 1. The summed E-state index contributed by atoms with van der Waals surface area (Å²) in [4.78, 5) is 1.99. The van der Waals surface area contributed by atoms with Crippen molar-refractivity contribution in [3.63, 3.8) is 0 Å². The molecule has 0 saturated heterocycles. The second-order valence-electron chi connectivity index (χ2n) is 5.34. The first-order valence-electron chi connectivity index (χ1n) is 6.82. The Morgan fingerprint density at radius 3 is 2.55 bits per heavy atom. The Morgan fingerprint density at radius 2 is 1.95 bits per heavy atom. The molecule has 3 heteroatoms. The lowest BCUT2D eigenvalue weighted by molar-refractivity contribution is 0.628. The van der Waals surface area contributed by atoms with Crippen molar-refractivity contribution in [2.24, 2.45) is 5.73 Å². The number of aryl methyl sites for hydroxylation is 1. The minimum Gasteiger partial charge on any atom is -0.344 e. The van der Waals surface area contributed by atoms with E-state index in [0.29, 0.717) is 0 Å². The Labute approximate surface area is 120 Å². The van der Waals surface area contributed by atoms with Crippen LogP contribution in [-0.2, 0) is 6.42 Å². The van der Waals surface area contributed by atoms with Gasteiger partial charge in [0.25, 0.3) is 0 Å². The summed E-state index contributed by atoms with van der Waals surface area (Å²) in [6, 6.07) is 13.1. The monoisotopic (exact) mass is 272 g/mol. The predicted molar refractivity (Wildman–Crippen MR) is 83.0 cm³/mol. The second-order valence-corrected chi connectivity index (χ2v) is 5.34. The molecular weight excluding hydrogens is 251 g/mol. The van der Waals surface area contributed by atoms with E-state index in [9.17, 15) is 4.39 Å². The molecule has 20 heavy (non-hydrogen) atoms. The van der Waals surface area contributed by atoms with Crippen LogP contribution >= 0.6 is 0 Å². The highest BCUT2D eigenvalue weighted by Crippen LogP contribution is 2.28. The van der Waals surface area contributed by atoms with Gasteiger partial charge in [-0.2, -0.15) is 0 Å². The van der Waals surface area contributed by atoms with Crippen molar-refractivity contribution in [2.45, 2.75) is 26.3 Å². The maximum absolute atomic E-state index is 13.3. The predicted octanol–water partition coefficient (Wildman–Crippen LogP) is 3.79. The Hall–Kier alpha value is -1.87. The summed E-state index contributed by atoms with van der Waals surface area (Å²) in [6.07, 6.45) is 0.866. The van der Waals surface area contributed by atoms with Crippen molar-refractivity contribution < 1.29 is 4.39 Å². The molecule has 0 aliphatic heterocycles. The lowest BCUT2D eigenvalue weighted by Gasteiger charge is -2.22. The van der Waals surface area contributed by atoms with Gasteiger partial charge in [0.1, 0.15) is 5.82 Å². The smallest absolute Gasteiger partial charge is 0.125 e. The Balaban J connectivity index is 2.28.